The van der Waals surface area contributed by atoms with Crippen LogP contribution in [0.2, 0.25) is 0 Å². The topological polar surface area (TPSA) is 47.6 Å². The Morgan fingerprint density at radius 1 is 1.36 bits per heavy atom. The Morgan fingerprint density at radius 2 is 2.00 bits per heavy atom. The van der Waals surface area contributed by atoms with Crippen LogP contribution >= 0.6 is 0 Å². The molecule has 0 aromatic heterocycles. The lowest BCUT2D eigenvalue weighted by Gasteiger charge is -2.27. The van der Waals surface area contributed by atoms with Crippen LogP contribution in [0.4, 0.5) is 0 Å². The molecule has 0 amide bonds. The Morgan fingerprint density at radius 3 is 2.50 bits per heavy atom. The van der Waals surface area contributed by atoms with Crippen LogP contribution in [0, 0.1) is 34.5 Å². The van der Waals surface area contributed by atoms with E-state index in [1.54, 1.807) is 0 Å². The van der Waals surface area contributed by atoms with Gasteiger partial charge in [0.05, 0.1) is 0 Å². The zero-order valence-corrected chi connectivity index (χ0v) is 8.88. The Balaban J connectivity index is 2.80. The Labute approximate surface area is 85.8 Å². The first-order valence-electron chi connectivity index (χ1n) is 5.21. The highest BCUT2D eigenvalue weighted by Crippen LogP contribution is 2.34. The molecular formula is C12H16N2. The molecule has 0 aliphatic heterocycles. The lowest BCUT2D eigenvalue weighted by Crippen LogP contribution is -2.15. The molecule has 2 heteroatoms. The van der Waals surface area contributed by atoms with Crippen molar-refractivity contribution < 1.29 is 0 Å². The zero-order chi connectivity index (χ0) is 10.6. The molecule has 0 radical (unpaired) electrons. The average Bonchev–Trinajstić information content (AvgIpc) is 2.20. The largest absolute Gasteiger partial charge is 0.192 e. The van der Waals surface area contributed by atoms with E-state index in [2.05, 4.69) is 13.8 Å². The van der Waals surface area contributed by atoms with E-state index in [4.69, 9.17) is 10.5 Å². The second-order valence-corrected chi connectivity index (χ2v) is 4.30. The molecule has 2 nitrogen and oxygen atoms in total. The van der Waals surface area contributed by atoms with Crippen molar-refractivity contribution in [3.8, 4) is 12.1 Å². The summed E-state index contributed by atoms with van der Waals surface area (Å²) < 4.78 is 0. The molecule has 1 saturated carbocycles. The summed E-state index contributed by atoms with van der Waals surface area (Å²) in [4.78, 5) is 0. The van der Waals surface area contributed by atoms with Crippen LogP contribution in [-0.4, -0.2) is 0 Å². The molecule has 1 rings (SSSR count). The molecule has 1 unspecified atom stereocenters. The molecule has 0 spiro atoms. The summed E-state index contributed by atoms with van der Waals surface area (Å²) in [7, 11) is 0. The van der Waals surface area contributed by atoms with E-state index in [9.17, 15) is 0 Å². The highest BCUT2D eigenvalue weighted by atomic mass is 14.3. The van der Waals surface area contributed by atoms with Gasteiger partial charge in [0.15, 0.2) is 0 Å². The van der Waals surface area contributed by atoms with Crippen LogP contribution in [0.15, 0.2) is 11.1 Å². The molecule has 1 fully saturated rings. The lowest BCUT2D eigenvalue weighted by molar-refractivity contribution is 0.319. The quantitative estimate of drug-likeness (QED) is 0.593. The van der Waals surface area contributed by atoms with Gasteiger partial charge in [0.1, 0.15) is 17.7 Å². The fourth-order valence-corrected chi connectivity index (χ4v) is 2.08. The van der Waals surface area contributed by atoms with Crippen molar-refractivity contribution in [1.29, 1.82) is 10.5 Å². The summed E-state index contributed by atoms with van der Waals surface area (Å²) in [6, 6.07) is 4.00. The fraction of sp³-hybridized carbons (Fsp3) is 0.667. The second-order valence-electron chi connectivity index (χ2n) is 4.30. The zero-order valence-electron chi connectivity index (χ0n) is 8.88. The van der Waals surface area contributed by atoms with Gasteiger partial charge in [-0.2, -0.15) is 10.5 Å². The summed E-state index contributed by atoms with van der Waals surface area (Å²) >= 11 is 0. The third-order valence-electron chi connectivity index (χ3n) is 3.08. The predicted octanol–water partition coefficient (Wildman–Crippen LogP) is 3.18. The maximum absolute atomic E-state index is 8.77. The third-order valence-corrected chi connectivity index (χ3v) is 3.08. The smallest absolute Gasteiger partial charge is 0.128 e. The minimum Gasteiger partial charge on any atom is -0.192 e. The summed E-state index contributed by atoms with van der Waals surface area (Å²) in [5, 5.41) is 17.5. The van der Waals surface area contributed by atoms with E-state index in [0.29, 0.717) is 17.4 Å². The van der Waals surface area contributed by atoms with Gasteiger partial charge in [0, 0.05) is 0 Å². The summed E-state index contributed by atoms with van der Waals surface area (Å²) in [5.41, 5.74) is 1.44. The second kappa shape index (κ2) is 4.82. The molecule has 0 saturated heterocycles. The van der Waals surface area contributed by atoms with Gasteiger partial charge in [-0.3, -0.25) is 0 Å². The molecule has 0 aromatic rings. The number of nitriles is 2. The number of allylic oxidation sites excluding steroid dienone is 2. The van der Waals surface area contributed by atoms with Crippen LogP contribution in [0.5, 0.6) is 0 Å². The summed E-state index contributed by atoms with van der Waals surface area (Å²) in [5.74, 6) is 1.32. The number of nitrogens with zero attached hydrogens (tertiary/aromatic N) is 2. The van der Waals surface area contributed by atoms with Crippen LogP contribution in [-0.2, 0) is 0 Å². The molecule has 1 aliphatic rings. The molecular weight excluding hydrogens is 172 g/mol. The van der Waals surface area contributed by atoms with Gasteiger partial charge in [-0.05, 0) is 43.1 Å². The van der Waals surface area contributed by atoms with Gasteiger partial charge in [0.2, 0.25) is 0 Å². The van der Waals surface area contributed by atoms with Gasteiger partial charge < -0.3 is 0 Å². The van der Waals surface area contributed by atoms with Crippen molar-refractivity contribution in [2.45, 2.75) is 39.5 Å². The fourth-order valence-electron chi connectivity index (χ4n) is 2.08. The summed E-state index contributed by atoms with van der Waals surface area (Å²) in [6.07, 6.45) is 4.27. The number of hydrogen-bond donors (Lipinski definition) is 0. The Hall–Kier alpha value is -1.28. The van der Waals surface area contributed by atoms with Crippen molar-refractivity contribution in [1.82, 2.24) is 0 Å². The maximum Gasteiger partial charge on any atom is 0.128 e. The van der Waals surface area contributed by atoms with Crippen LogP contribution in [0.3, 0.4) is 0 Å². The normalized spacial score (nSPS) is 21.5. The van der Waals surface area contributed by atoms with Crippen molar-refractivity contribution >= 4 is 0 Å². The average molecular weight is 188 g/mol. The molecule has 74 valence electrons. The first-order valence-corrected chi connectivity index (χ1v) is 5.21. The van der Waals surface area contributed by atoms with Crippen LogP contribution < -0.4 is 0 Å². The molecule has 0 heterocycles. The third kappa shape index (κ3) is 2.36. The maximum atomic E-state index is 8.77. The van der Waals surface area contributed by atoms with E-state index < -0.39 is 0 Å². The van der Waals surface area contributed by atoms with E-state index in [-0.39, 0.29) is 0 Å². The summed E-state index contributed by atoms with van der Waals surface area (Å²) in [6.45, 7) is 4.43. The standard InChI is InChI=1S/C12H16N2/c1-9(2)10-4-3-5-11(6-10)12(7-13)8-14/h9-10H,3-6H2,1-2H3. The lowest BCUT2D eigenvalue weighted by atomic mass is 9.78. The van der Waals surface area contributed by atoms with Gasteiger partial charge in [0.25, 0.3) is 0 Å². The van der Waals surface area contributed by atoms with E-state index >= 15 is 0 Å². The van der Waals surface area contributed by atoms with Crippen molar-refractivity contribution in [3.05, 3.63) is 11.1 Å². The molecule has 0 aromatic carbocycles. The van der Waals surface area contributed by atoms with E-state index in [0.717, 1.165) is 24.8 Å². The van der Waals surface area contributed by atoms with Crippen molar-refractivity contribution in [2.75, 3.05) is 0 Å². The molecule has 0 N–H and O–H groups in total. The highest BCUT2D eigenvalue weighted by Gasteiger charge is 2.21. The van der Waals surface area contributed by atoms with Gasteiger partial charge in [-0.25, -0.2) is 0 Å². The first kappa shape index (κ1) is 10.8. The van der Waals surface area contributed by atoms with E-state index in [1.807, 2.05) is 12.1 Å². The highest BCUT2D eigenvalue weighted by molar-refractivity contribution is 5.40. The van der Waals surface area contributed by atoms with Crippen molar-refractivity contribution in [3.63, 3.8) is 0 Å². The first-order chi connectivity index (χ1) is 6.69. The van der Waals surface area contributed by atoms with Gasteiger partial charge in [-0.1, -0.05) is 13.8 Å². The monoisotopic (exact) mass is 188 g/mol. The Kier molecular flexibility index (Phi) is 3.72. The molecule has 14 heavy (non-hydrogen) atoms. The number of hydrogen-bond acceptors (Lipinski definition) is 2. The van der Waals surface area contributed by atoms with Gasteiger partial charge >= 0.3 is 0 Å². The molecule has 1 atom stereocenters. The number of rotatable bonds is 1. The minimum absolute atomic E-state index is 0.357. The predicted molar refractivity (Wildman–Crippen MR) is 55.0 cm³/mol. The van der Waals surface area contributed by atoms with Crippen LogP contribution in [0.25, 0.3) is 0 Å². The van der Waals surface area contributed by atoms with Crippen LogP contribution in [0.1, 0.15) is 39.5 Å². The molecule has 0 bridgehead atoms. The minimum atomic E-state index is 0.357. The Bertz CT molecular complexity index is 296. The van der Waals surface area contributed by atoms with Crippen molar-refractivity contribution in [2.24, 2.45) is 11.8 Å². The molecule has 1 aliphatic carbocycles. The van der Waals surface area contributed by atoms with Gasteiger partial charge in [-0.15, -0.1) is 0 Å². The SMILES string of the molecule is CC(C)C1CCCC(=C(C#N)C#N)C1. The van der Waals surface area contributed by atoms with E-state index in [1.165, 1.54) is 6.42 Å².